The second kappa shape index (κ2) is 7.81. The van der Waals surface area contributed by atoms with Gasteiger partial charge in [0, 0.05) is 23.1 Å². The number of rotatable bonds is 4. The maximum Gasteiger partial charge on any atom is 0.253 e. The Morgan fingerprint density at radius 2 is 1.73 bits per heavy atom. The maximum absolute atomic E-state index is 12.0. The fourth-order valence-corrected chi connectivity index (χ4v) is 2.94. The Kier molecular flexibility index (Phi) is 6.06. The van der Waals surface area contributed by atoms with Crippen molar-refractivity contribution in [3.05, 3.63) is 33.8 Å². The van der Waals surface area contributed by atoms with Gasteiger partial charge in [-0.15, -0.1) is 0 Å². The van der Waals surface area contributed by atoms with E-state index in [9.17, 15) is 14.7 Å². The van der Waals surface area contributed by atoms with Crippen molar-refractivity contribution < 1.29 is 14.7 Å². The van der Waals surface area contributed by atoms with Gasteiger partial charge in [-0.25, -0.2) is 0 Å². The SMILES string of the molecule is O=C(NCC(=O)N1CCCCC1)C(O)c1cc(Cl)cc(Cl)c1. The van der Waals surface area contributed by atoms with Crippen LogP contribution < -0.4 is 5.32 Å². The number of benzene rings is 1. The third-order valence-electron chi connectivity index (χ3n) is 3.57. The van der Waals surface area contributed by atoms with Gasteiger partial charge in [-0.3, -0.25) is 9.59 Å². The number of aliphatic hydroxyl groups is 1. The maximum atomic E-state index is 12.0. The Balaban J connectivity index is 1.89. The van der Waals surface area contributed by atoms with E-state index in [2.05, 4.69) is 5.32 Å². The van der Waals surface area contributed by atoms with Crippen LogP contribution in [-0.2, 0) is 9.59 Å². The number of likely N-dealkylation sites (tertiary alicyclic amines) is 1. The zero-order valence-electron chi connectivity index (χ0n) is 12.0. The highest BCUT2D eigenvalue weighted by molar-refractivity contribution is 6.34. The van der Waals surface area contributed by atoms with Crippen molar-refractivity contribution in [3.63, 3.8) is 0 Å². The first-order valence-corrected chi connectivity index (χ1v) is 7.92. The number of piperidine rings is 1. The van der Waals surface area contributed by atoms with E-state index in [1.165, 1.54) is 18.2 Å². The summed E-state index contributed by atoms with van der Waals surface area (Å²) in [5.41, 5.74) is 0.292. The molecule has 1 saturated heterocycles. The van der Waals surface area contributed by atoms with E-state index in [0.717, 1.165) is 32.4 Å². The van der Waals surface area contributed by atoms with Crippen LogP contribution in [0.4, 0.5) is 0 Å². The number of nitrogens with one attached hydrogen (secondary N) is 1. The molecule has 0 saturated carbocycles. The second-order valence-electron chi connectivity index (χ2n) is 5.26. The summed E-state index contributed by atoms with van der Waals surface area (Å²) in [6, 6.07) is 4.44. The number of halogens is 2. The molecule has 2 N–H and O–H groups in total. The van der Waals surface area contributed by atoms with Crippen LogP contribution in [0.2, 0.25) is 10.0 Å². The summed E-state index contributed by atoms with van der Waals surface area (Å²) in [5, 5.41) is 13.1. The number of nitrogens with zero attached hydrogens (tertiary/aromatic N) is 1. The molecule has 1 unspecified atom stereocenters. The normalized spacial score (nSPS) is 16.2. The molecule has 0 aromatic heterocycles. The smallest absolute Gasteiger partial charge is 0.253 e. The Bertz CT molecular complexity index is 539. The quantitative estimate of drug-likeness (QED) is 0.879. The first-order valence-electron chi connectivity index (χ1n) is 7.17. The summed E-state index contributed by atoms with van der Waals surface area (Å²) in [7, 11) is 0. The van der Waals surface area contributed by atoms with Crippen LogP contribution in [0.1, 0.15) is 30.9 Å². The Morgan fingerprint density at radius 3 is 2.32 bits per heavy atom. The predicted molar refractivity (Wildman–Crippen MR) is 84.9 cm³/mol. The number of amides is 2. The molecule has 0 aliphatic carbocycles. The third kappa shape index (κ3) is 4.60. The van der Waals surface area contributed by atoms with E-state index in [1.54, 1.807) is 4.90 Å². The lowest BCUT2D eigenvalue weighted by molar-refractivity contribution is -0.136. The van der Waals surface area contributed by atoms with Gasteiger partial charge in [0.1, 0.15) is 0 Å². The van der Waals surface area contributed by atoms with E-state index in [1.807, 2.05) is 0 Å². The van der Waals surface area contributed by atoms with E-state index >= 15 is 0 Å². The lowest BCUT2D eigenvalue weighted by Gasteiger charge is -2.26. The Labute approximate surface area is 139 Å². The first-order chi connectivity index (χ1) is 10.5. The molecule has 0 bridgehead atoms. The molecule has 1 aliphatic heterocycles. The summed E-state index contributed by atoms with van der Waals surface area (Å²) >= 11 is 11.7. The largest absolute Gasteiger partial charge is 0.378 e. The Hall–Kier alpha value is -1.30. The van der Waals surface area contributed by atoms with Gasteiger partial charge in [-0.05, 0) is 43.0 Å². The van der Waals surface area contributed by atoms with Gasteiger partial charge in [0.05, 0.1) is 6.54 Å². The van der Waals surface area contributed by atoms with Gasteiger partial charge in [0.25, 0.3) is 5.91 Å². The van der Waals surface area contributed by atoms with Crippen molar-refractivity contribution in [2.75, 3.05) is 19.6 Å². The standard InChI is InChI=1S/C15H18Cl2N2O3/c16-11-6-10(7-12(17)8-11)14(21)15(22)18-9-13(20)19-4-2-1-3-5-19/h6-8,14,21H,1-5,9H2,(H,18,22). The predicted octanol–water partition coefficient (Wildman–Crippen LogP) is 2.16. The van der Waals surface area contributed by atoms with Crippen LogP contribution in [0, 0.1) is 0 Å². The highest BCUT2D eigenvalue weighted by atomic mass is 35.5. The van der Waals surface area contributed by atoms with E-state index in [0.29, 0.717) is 15.6 Å². The molecule has 7 heteroatoms. The molecular formula is C15H18Cl2N2O3. The Morgan fingerprint density at radius 1 is 1.14 bits per heavy atom. The first kappa shape index (κ1) is 17.1. The second-order valence-corrected chi connectivity index (χ2v) is 6.14. The molecule has 2 rings (SSSR count). The lowest BCUT2D eigenvalue weighted by Crippen LogP contribution is -2.43. The highest BCUT2D eigenvalue weighted by Gasteiger charge is 2.21. The van der Waals surface area contributed by atoms with Crippen LogP contribution >= 0.6 is 23.2 Å². The van der Waals surface area contributed by atoms with Gasteiger partial charge in [0.15, 0.2) is 6.10 Å². The van der Waals surface area contributed by atoms with Crippen molar-refractivity contribution >= 4 is 35.0 Å². The number of aliphatic hydroxyl groups excluding tert-OH is 1. The van der Waals surface area contributed by atoms with Crippen molar-refractivity contribution in [3.8, 4) is 0 Å². The average molecular weight is 345 g/mol. The monoisotopic (exact) mass is 344 g/mol. The molecular weight excluding hydrogens is 327 g/mol. The molecule has 5 nitrogen and oxygen atoms in total. The summed E-state index contributed by atoms with van der Waals surface area (Å²) in [6.07, 6.45) is 1.70. The van der Waals surface area contributed by atoms with Gasteiger partial charge in [-0.2, -0.15) is 0 Å². The van der Waals surface area contributed by atoms with E-state index < -0.39 is 12.0 Å². The van der Waals surface area contributed by atoms with Crippen molar-refractivity contribution in [2.24, 2.45) is 0 Å². The van der Waals surface area contributed by atoms with Crippen molar-refractivity contribution in [1.29, 1.82) is 0 Å². The number of carbonyl (C=O) groups is 2. The van der Waals surface area contributed by atoms with Gasteiger partial charge in [0.2, 0.25) is 5.91 Å². The zero-order chi connectivity index (χ0) is 16.1. The minimum Gasteiger partial charge on any atom is -0.378 e. The van der Waals surface area contributed by atoms with E-state index in [4.69, 9.17) is 23.2 Å². The number of carbonyl (C=O) groups excluding carboxylic acids is 2. The van der Waals surface area contributed by atoms with Crippen molar-refractivity contribution in [1.82, 2.24) is 10.2 Å². The fraction of sp³-hybridized carbons (Fsp3) is 0.467. The van der Waals surface area contributed by atoms with Crippen molar-refractivity contribution in [2.45, 2.75) is 25.4 Å². The lowest BCUT2D eigenvalue weighted by atomic mass is 10.1. The minimum atomic E-state index is -1.41. The molecule has 1 atom stereocenters. The minimum absolute atomic E-state index is 0.121. The topological polar surface area (TPSA) is 69.6 Å². The van der Waals surface area contributed by atoms with Crippen LogP contribution in [0.5, 0.6) is 0 Å². The molecule has 2 amide bonds. The van der Waals surface area contributed by atoms with Crippen LogP contribution in [-0.4, -0.2) is 41.5 Å². The number of hydrogen-bond donors (Lipinski definition) is 2. The summed E-state index contributed by atoms with van der Waals surface area (Å²) in [5.74, 6) is -0.784. The molecule has 1 aromatic carbocycles. The molecule has 1 fully saturated rings. The van der Waals surface area contributed by atoms with Gasteiger partial charge in [-0.1, -0.05) is 23.2 Å². The summed E-state index contributed by atoms with van der Waals surface area (Å²) < 4.78 is 0. The average Bonchev–Trinajstić information content (AvgIpc) is 2.51. The molecule has 0 radical (unpaired) electrons. The summed E-state index contributed by atoms with van der Waals surface area (Å²) in [4.78, 5) is 25.6. The van der Waals surface area contributed by atoms with Crippen LogP contribution in [0.25, 0.3) is 0 Å². The molecule has 22 heavy (non-hydrogen) atoms. The molecule has 1 heterocycles. The fourth-order valence-electron chi connectivity index (χ4n) is 2.40. The molecule has 0 spiro atoms. The van der Waals surface area contributed by atoms with Crippen LogP contribution in [0.15, 0.2) is 18.2 Å². The third-order valence-corrected chi connectivity index (χ3v) is 4.01. The molecule has 1 aromatic rings. The molecule has 1 aliphatic rings. The highest BCUT2D eigenvalue weighted by Crippen LogP contribution is 2.23. The summed E-state index contributed by atoms with van der Waals surface area (Å²) in [6.45, 7) is 1.33. The zero-order valence-corrected chi connectivity index (χ0v) is 13.5. The number of hydrogen-bond acceptors (Lipinski definition) is 3. The molecule has 120 valence electrons. The van der Waals surface area contributed by atoms with Gasteiger partial charge < -0.3 is 15.3 Å². The van der Waals surface area contributed by atoms with E-state index in [-0.39, 0.29) is 12.5 Å². The van der Waals surface area contributed by atoms with Crippen LogP contribution in [0.3, 0.4) is 0 Å². The van der Waals surface area contributed by atoms with Gasteiger partial charge >= 0.3 is 0 Å².